The molecule has 0 radical (unpaired) electrons. The molecule has 5 amide bonds. The van der Waals surface area contributed by atoms with E-state index in [1.54, 1.807) is 43.9 Å². The van der Waals surface area contributed by atoms with Crippen molar-refractivity contribution in [3.8, 4) is 0 Å². The van der Waals surface area contributed by atoms with Crippen LogP contribution in [0, 0.1) is 5.92 Å². The van der Waals surface area contributed by atoms with Gasteiger partial charge in [0.05, 0.1) is 24.5 Å². The molecule has 45 heavy (non-hydrogen) atoms. The molecule has 13 nitrogen and oxygen atoms in total. The molecule has 246 valence electrons. The smallest absolute Gasteiger partial charge is 0.410 e. The average molecular weight is 646 g/mol. The Morgan fingerprint density at radius 1 is 1.04 bits per heavy atom. The summed E-state index contributed by atoms with van der Waals surface area (Å²) < 4.78 is 34.8. The predicted molar refractivity (Wildman–Crippen MR) is 166 cm³/mol. The first kappa shape index (κ1) is 34.1. The lowest BCUT2D eigenvalue weighted by Gasteiger charge is -2.34. The van der Waals surface area contributed by atoms with Gasteiger partial charge < -0.3 is 15.0 Å². The standard InChI is InChI=1S/C31H43N5O8S/c1-31(2,3)44-30(40)35-16-8-9-21(20-35)19-32-27(37)18-26(28(38)34(4)29(39)36(43-5)24-13-14-24)33-45(41,42)25-15-12-22-10-6-7-11-23(22)17-25/h6-7,10-12,15,17,21,24,26,33H,8-9,13-14,16,18-20H2,1-5H3,(H,32,37)/t21-,26-/m0/s1. The van der Waals surface area contributed by atoms with E-state index in [0.29, 0.717) is 31.3 Å². The third kappa shape index (κ3) is 9.14. The third-order valence-electron chi connectivity index (χ3n) is 7.66. The van der Waals surface area contributed by atoms with E-state index in [1.807, 2.05) is 12.1 Å². The summed E-state index contributed by atoms with van der Waals surface area (Å²) in [5.74, 6) is -1.55. The van der Waals surface area contributed by atoms with Crippen molar-refractivity contribution in [3.05, 3.63) is 42.5 Å². The minimum absolute atomic E-state index is 0.0586. The van der Waals surface area contributed by atoms with Crippen LogP contribution in [0.15, 0.2) is 47.4 Å². The van der Waals surface area contributed by atoms with Crippen LogP contribution in [0.25, 0.3) is 10.8 Å². The molecule has 14 heteroatoms. The summed E-state index contributed by atoms with van der Waals surface area (Å²) in [5.41, 5.74) is -0.631. The van der Waals surface area contributed by atoms with E-state index >= 15 is 0 Å². The second-order valence-corrected chi connectivity index (χ2v) is 14.3. The van der Waals surface area contributed by atoms with Gasteiger partial charge in [0.15, 0.2) is 0 Å². The first-order chi connectivity index (χ1) is 21.2. The number of amides is 5. The van der Waals surface area contributed by atoms with Gasteiger partial charge in [-0.25, -0.2) is 18.0 Å². The van der Waals surface area contributed by atoms with Gasteiger partial charge in [-0.1, -0.05) is 30.3 Å². The molecule has 0 spiro atoms. The number of carbonyl (C=O) groups excluding carboxylic acids is 4. The van der Waals surface area contributed by atoms with E-state index in [9.17, 15) is 27.6 Å². The van der Waals surface area contributed by atoms with Gasteiger partial charge in [-0.3, -0.25) is 19.3 Å². The number of likely N-dealkylation sites (N-methyl/N-ethyl adjacent to an activating group) is 1. The molecule has 4 rings (SSSR count). The molecule has 1 aliphatic heterocycles. The molecule has 1 heterocycles. The van der Waals surface area contributed by atoms with Gasteiger partial charge in [0.25, 0.3) is 0 Å². The van der Waals surface area contributed by atoms with E-state index in [1.165, 1.54) is 26.3 Å². The van der Waals surface area contributed by atoms with Gasteiger partial charge in [0.1, 0.15) is 11.6 Å². The molecular weight excluding hydrogens is 602 g/mol. The van der Waals surface area contributed by atoms with Crippen LogP contribution in [0.2, 0.25) is 0 Å². The zero-order valence-corrected chi connectivity index (χ0v) is 27.3. The number of nitrogens with zero attached hydrogens (tertiary/aromatic N) is 3. The number of ether oxygens (including phenoxy) is 1. The van der Waals surface area contributed by atoms with Crippen LogP contribution >= 0.6 is 0 Å². The number of fused-ring (bicyclic) bond motifs is 1. The Balaban J connectivity index is 1.47. The van der Waals surface area contributed by atoms with E-state index in [0.717, 1.165) is 28.2 Å². The number of nitrogens with one attached hydrogen (secondary N) is 2. The minimum Gasteiger partial charge on any atom is -0.444 e. The number of carbonyl (C=O) groups is 4. The number of piperidine rings is 1. The number of hydrogen-bond donors (Lipinski definition) is 2. The van der Waals surface area contributed by atoms with Crippen molar-refractivity contribution in [3.63, 3.8) is 0 Å². The summed E-state index contributed by atoms with van der Waals surface area (Å²) >= 11 is 0. The monoisotopic (exact) mass is 645 g/mol. The Bertz CT molecular complexity index is 1520. The van der Waals surface area contributed by atoms with Crippen molar-refractivity contribution in [2.24, 2.45) is 5.92 Å². The number of benzene rings is 2. The van der Waals surface area contributed by atoms with Crippen molar-refractivity contribution in [1.29, 1.82) is 0 Å². The fraction of sp³-hybridized carbons (Fsp3) is 0.548. The third-order valence-corrected chi connectivity index (χ3v) is 9.13. The zero-order valence-electron chi connectivity index (χ0n) is 26.4. The van der Waals surface area contributed by atoms with Crippen LogP contribution in [0.3, 0.4) is 0 Å². The van der Waals surface area contributed by atoms with Crippen molar-refractivity contribution in [1.82, 2.24) is 24.9 Å². The highest BCUT2D eigenvalue weighted by Crippen LogP contribution is 2.28. The number of sulfonamides is 1. The number of rotatable bonds is 10. The number of urea groups is 1. The largest absolute Gasteiger partial charge is 0.444 e. The van der Waals surface area contributed by atoms with Crippen molar-refractivity contribution < 1.29 is 37.2 Å². The predicted octanol–water partition coefficient (Wildman–Crippen LogP) is 3.24. The van der Waals surface area contributed by atoms with Crippen LogP contribution in [-0.4, -0.2) is 98.7 Å². The Kier molecular flexibility index (Phi) is 10.7. The van der Waals surface area contributed by atoms with E-state index < -0.39 is 52.0 Å². The average Bonchev–Trinajstić information content (AvgIpc) is 3.83. The fourth-order valence-electron chi connectivity index (χ4n) is 5.18. The van der Waals surface area contributed by atoms with Crippen molar-refractivity contribution >= 4 is 44.7 Å². The van der Waals surface area contributed by atoms with Crippen LogP contribution in [0.4, 0.5) is 9.59 Å². The summed E-state index contributed by atoms with van der Waals surface area (Å²) in [7, 11) is -1.75. The number of hydroxylamine groups is 2. The second-order valence-electron chi connectivity index (χ2n) is 12.5. The summed E-state index contributed by atoms with van der Waals surface area (Å²) in [5, 5.41) is 5.37. The maximum absolute atomic E-state index is 13.6. The van der Waals surface area contributed by atoms with Crippen LogP contribution in [0.5, 0.6) is 0 Å². The highest BCUT2D eigenvalue weighted by atomic mass is 32.2. The Morgan fingerprint density at radius 2 is 1.73 bits per heavy atom. The van der Waals surface area contributed by atoms with E-state index in [4.69, 9.17) is 9.57 Å². The summed E-state index contributed by atoms with van der Waals surface area (Å²) in [6.07, 6.45) is 1.96. The van der Waals surface area contributed by atoms with Crippen LogP contribution < -0.4 is 10.0 Å². The first-order valence-electron chi connectivity index (χ1n) is 15.1. The number of likely N-dealkylation sites (tertiary alicyclic amines) is 1. The lowest BCUT2D eigenvalue weighted by molar-refractivity contribution is -0.138. The Labute approximate surface area is 264 Å². The zero-order chi connectivity index (χ0) is 32.9. The van der Waals surface area contributed by atoms with Gasteiger partial charge >= 0.3 is 12.1 Å². The summed E-state index contributed by atoms with van der Waals surface area (Å²) in [4.78, 5) is 59.8. The van der Waals surface area contributed by atoms with Crippen LogP contribution in [0.1, 0.15) is 52.9 Å². The highest BCUT2D eigenvalue weighted by Gasteiger charge is 2.39. The maximum atomic E-state index is 13.6. The molecule has 1 aliphatic carbocycles. The Morgan fingerprint density at radius 3 is 2.38 bits per heavy atom. The molecule has 2 aromatic carbocycles. The molecule has 1 saturated heterocycles. The van der Waals surface area contributed by atoms with Gasteiger partial charge in [-0.2, -0.15) is 9.79 Å². The maximum Gasteiger partial charge on any atom is 0.410 e. The highest BCUT2D eigenvalue weighted by molar-refractivity contribution is 7.89. The number of imide groups is 1. The molecule has 2 aromatic rings. The first-order valence-corrected chi connectivity index (χ1v) is 16.6. The topological polar surface area (TPSA) is 155 Å². The van der Waals surface area contributed by atoms with Gasteiger partial charge in [-0.15, -0.1) is 0 Å². The Hall–Kier alpha value is -3.75. The quantitative estimate of drug-likeness (QED) is 0.374. The molecule has 2 N–H and O–H groups in total. The molecule has 2 fully saturated rings. The molecule has 0 bridgehead atoms. The molecule has 1 saturated carbocycles. The van der Waals surface area contributed by atoms with Gasteiger partial charge in [0, 0.05) is 26.7 Å². The summed E-state index contributed by atoms with van der Waals surface area (Å²) in [6, 6.07) is 9.26. The molecular formula is C31H43N5O8S. The van der Waals surface area contributed by atoms with Gasteiger partial charge in [0.2, 0.25) is 21.8 Å². The summed E-state index contributed by atoms with van der Waals surface area (Å²) in [6.45, 7) is 6.53. The normalized spacial score (nSPS) is 17.8. The molecule has 2 aliphatic rings. The van der Waals surface area contributed by atoms with Crippen molar-refractivity contribution in [2.75, 3.05) is 33.8 Å². The number of hydrogen-bond acceptors (Lipinski definition) is 8. The second kappa shape index (κ2) is 14.1. The van der Waals surface area contributed by atoms with Gasteiger partial charge in [-0.05, 0) is 75.3 Å². The lowest BCUT2D eigenvalue weighted by Crippen LogP contribution is -2.54. The van der Waals surface area contributed by atoms with Crippen LogP contribution in [-0.2, 0) is 29.2 Å². The van der Waals surface area contributed by atoms with E-state index in [-0.39, 0.29) is 23.4 Å². The fourth-order valence-corrected chi connectivity index (χ4v) is 6.40. The SMILES string of the molecule is CON(C(=O)N(C)C(=O)[C@H](CC(=O)NC[C@@H]1CCCN(C(=O)OC(C)(C)C)C1)NS(=O)(=O)c1ccc2ccccc2c1)C1CC1. The minimum atomic E-state index is -4.29. The molecule has 2 atom stereocenters. The van der Waals surface area contributed by atoms with Crippen molar-refractivity contribution in [2.45, 2.75) is 75.5 Å². The molecule has 0 unspecified atom stereocenters. The van der Waals surface area contributed by atoms with E-state index in [2.05, 4.69) is 10.0 Å². The lowest BCUT2D eigenvalue weighted by atomic mass is 9.98. The molecule has 0 aromatic heterocycles.